The number of benzene rings is 20. The maximum atomic E-state index is 6.34. The molecule has 1 saturated heterocycles. The Morgan fingerprint density at radius 1 is 0.184 bits per heavy atom. The molecule has 0 unspecified atom stereocenters. The molecular weight excluding hydrogens is 1910 g/mol. The van der Waals surface area contributed by atoms with E-state index < -0.39 is 7.12 Å². The molecule has 8 heteroatoms. The van der Waals surface area contributed by atoms with E-state index in [1.54, 1.807) is 0 Å². The number of rotatable bonds is 16. The van der Waals surface area contributed by atoms with E-state index in [4.69, 9.17) is 9.31 Å². The van der Waals surface area contributed by atoms with E-state index in [0.29, 0.717) is 0 Å². The van der Waals surface area contributed by atoms with Crippen LogP contribution in [0.2, 0.25) is 0 Å². The Morgan fingerprint density at radius 3 is 0.694 bits per heavy atom. The summed E-state index contributed by atoms with van der Waals surface area (Å²) in [5, 5.41) is 0. The molecule has 25 rings (SSSR count). The van der Waals surface area contributed by atoms with Crippen molar-refractivity contribution in [1.29, 1.82) is 0 Å². The van der Waals surface area contributed by atoms with Gasteiger partial charge in [-0.1, -0.05) is 451 Å². The first-order valence-corrected chi connectivity index (χ1v) is 52.8. The quantitative estimate of drug-likeness (QED) is 0.0899. The van der Waals surface area contributed by atoms with Gasteiger partial charge in [-0.25, -0.2) is 0 Å². The van der Waals surface area contributed by atoms with Gasteiger partial charge in [-0.05, 0) is 318 Å². The summed E-state index contributed by atoms with van der Waals surface area (Å²) in [6, 6.07) is 179. The molecule has 0 aromatic heterocycles. The molecule has 5 nitrogen and oxygen atoms in total. The third-order valence-electron chi connectivity index (χ3n) is 30.8. The summed E-state index contributed by atoms with van der Waals surface area (Å²) < 4.78 is 14.9. The monoisotopic (exact) mass is 2030 g/mol. The highest BCUT2D eigenvalue weighted by Crippen LogP contribution is 2.56. The number of anilines is 9. The van der Waals surface area contributed by atoms with Crippen molar-refractivity contribution in [2.24, 2.45) is 0 Å². The van der Waals surface area contributed by atoms with Crippen LogP contribution in [0.5, 0.6) is 0 Å². The Hall–Kier alpha value is -15.3. The number of nitrogens with zero attached hydrogens (tertiary/aromatic N) is 3. The van der Waals surface area contributed by atoms with E-state index in [-0.39, 0.29) is 32.9 Å². The molecule has 1 aliphatic heterocycles. The van der Waals surface area contributed by atoms with E-state index >= 15 is 0 Å². The lowest BCUT2D eigenvalue weighted by atomic mass is 9.79. The number of para-hydroxylation sites is 1. The molecule has 0 saturated carbocycles. The topological polar surface area (TPSA) is 28.2 Å². The molecule has 20 aromatic rings. The van der Waals surface area contributed by atoms with Crippen molar-refractivity contribution in [3.8, 4) is 89.0 Å². The van der Waals surface area contributed by atoms with E-state index in [1.165, 1.54) is 156 Å². The van der Waals surface area contributed by atoms with Crippen LogP contribution in [0.25, 0.3) is 89.0 Å². The predicted octanol–water partition coefficient (Wildman–Crippen LogP) is 38.2. The Morgan fingerprint density at radius 2 is 0.395 bits per heavy atom. The first kappa shape index (κ1) is 97.8. The number of hydrogen-bond donors (Lipinski definition) is 0. The summed E-state index contributed by atoms with van der Waals surface area (Å²) in [6.45, 7) is 27.1. The van der Waals surface area contributed by atoms with Gasteiger partial charge in [0.2, 0.25) is 0 Å². The third kappa shape index (κ3) is 19.7. The molecule has 147 heavy (non-hydrogen) atoms. The molecule has 0 radical (unpaired) electrons. The maximum Gasteiger partial charge on any atom is 0.494 e. The summed E-state index contributed by atoms with van der Waals surface area (Å²) in [7, 11) is -0.392. The van der Waals surface area contributed by atoms with Gasteiger partial charge in [0, 0.05) is 81.8 Å². The summed E-state index contributed by atoms with van der Waals surface area (Å²) in [4.78, 5) is 7.05. The normalized spacial score (nSPS) is 14.3. The van der Waals surface area contributed by atoms with Crippen LogP contribution in [0.3, 0.4) is 0 Å². The van der Waals surface area contributed by atoms with Crippen LogP contribution in [0, 0.1) is 0 Å². The number of fused-ring (bicyclic) bond motifs is 12. The molecule has 0 spiro atoms. The van der Waals surface area contributed by atoms with E-state index in [1.807, 2.05) is 30.3 Å². The average molecular weight is 2040 g/mol. The van der Waals surface area contributed by atoms with Gasteiger partial charge in [0.25, 0.3) is 0 Å². The van der Waals surface area contributed by atoms with E-state index in [2.05, 4.69) is 597 Å². The Balaban J connectivity index is 0.000000113. The zero-order valence-electron chi connectivity index (χ0n) is 85.5. The summed E-state index contributed by atoms with van der Waals surface area (Å²) in [5.74, 6) is 0. The second-order valence-corrected chi connectivity index (χ2v) is 43.9. The van der Waals surface area contributed by atoms with Crippen molar-refractivity contribution in [2.75, 3.05) is 14.7 Å². The SMILES string of the molecule is Brc1ccccc1.CC1(C)c2ccccc2-c2ccc(Cc3ccc(-c4ccccc4)cc3)cc21.CC1(C)c2ccccc2-c2ccc(N(c3ccc(B4OC(C)(C)C(C)(C)O4)cc3)c3ccc(-c4ccccc4)cc3)cc21.CC1(C)c2ccccc2-c2ccc(N(c3ccc(Br)cc3)c3ccc(-c4ccccc4)cc3)cc21.CC1(C)c2ccccc2-c2ccc(N(c3ccccc3)c3ccc(-c4ccccc4)cc3)cc21. The maximum absolute atomic E-state index is 6.34. The minimum Gasteiger partial charge on any atom is -0.399 e. The van der Waals surface area contributed by atoms with Crippen molar-refractivity contribution in [3.05, 3.63) is 562 Å². The standard InChI is InChI=1S/C39H38BNO2.C33H26BrN.C33H27N.C28H24.C6H5Br/c1-37(2)35-15-11-10-14-33(35)34-25-24-32(26-36(34)37)41(30-20-16-28(17-21-30)27-12-8-7-9-13-27)31-22-18-29(19-23-31)40-42-38(3,4)39(5,6)43-40;1-33(2)31-11-7-6-10-29(31)30-21-20-28(22-32(30)33)35(27-18-14-25(34)15-19-27)26-16-12-24(13-17-26)23-8-4-3-5-9-23;1-33(2)31-16-10-9-15-29(31)30-22-21-28(23-32(30)33)34(26-13-7-4-8-14-26)27-19-17-25(18-20-27)24-11-5-3-6-12-24;1-28(2)26-11-7-6-10-24(26)25-17-14-21(19-27(25)28)18-20-12-15-23(16-13-20)22-8-4-3-5-9-22;7-6-4-2-1-3-5-6/h7-26H,1-6H3;3-22H,1-2H3;3-23H,1-2H3;3-17,19H,18H2,1-2H3;1-5H. The second-order valence-electron chi connectivity index (χ2n) is 42.0. The molecule has 0 atom stereocenters. The fraction of sp³-hybridized carbons (Fsp3) is 0.137. The van der Waals surface area contributed by atoms with Gasteiger partial charge >= 0.3 is 7.12 Å². The summed E-state index contributed by atoms with van der Waals surface area (Å²) in [6.07, 6.45) is 0.967. The lowest BCUT2D eigenvalue weighted by Crippen LogP contribution is -2.41. The number of hydrogen-bond acceptors (Lipinski definition) is 5. The molecule has 0 N–H and O–H groups in total. The minimum atomic E-state index is -0.392. The van der Waals surface area contributed by atoms with Crippen LogP contribution in [-0.4, -0.2) is 18.3 Å². The molecular formula is C139H120BBr2N3O2. The van der Waals surface area contributed by atoms with Crippen LogP contribution in [0.4, 0.5) is 51.2 Å². The molecule has 5 aliphatic rings. The second kappa shape index (κ2) is 41.0. The van der Waals surface area contributed by atoms with Gasteiger partial charge in [-0.2, -0.15) is 0 Å². The predicted molar refractivity (Wildman–Crippen MR) is 629 cm³/mol. The van der Waals surface area contributed by atoms with Crippen molar-refractivity contribution in [1.82, 2.24) is 0 Å². The van der Waals surface area contributed by atoms with Gasteiger partial charge in [-0.15, -0.1) is 0 Å². The van der Waals surface area contributed by atoms with Crippen LogP contribution in [-0.2, 0) is 37.4 Å². The average Bonchev–Trinajstić information content (AvgIpc) is 1.59. The molecule has 0 bridgehead atoms. The highest BCUT2D eigenvalue weighted by atomic mass is 79.9. The molecule has 1 heterocycles. The Kier molecular flexibility index (Phi) is 27.3. The largest absolute Gasteiger partial charge is 0.494 e. The molecule has 1 fully saturated rings. The summed E-state index contributed by atoms with van der Waals surface area (Å²) in [5.41, 5.74) is 45.0. The molecule has 20 aromatic carbocycles. The highest BCUT2D eigenvalue weighted by molar-refractivity contribution is 9.10. The Bertz CT molecular complexity index is 8060. The van der Waals surface area contributed by atoms with E-state index in [9.17, 15) is 0 Å². The van der Waals surface area contributed by atoms with Crippen molar-refractivity contribution in [3.63, 3.8) is 0 Å². The minimum absolute atomic E-state index is 0.0263. The molecule has 0 amide bonds. The van der Waals surface area contributed by atoms with Gasteiger partial charge < -0.3 is 24.0 Å². The summed E-state index contributed by atoms with van der Waals surface area (Å²) >= 11 is 6.91. The Labute approximate surface area is 886 Å². The van der Waals surface area contributed by atoms with Crippen LogP contribution in [0.15, 0.2) is 506 Å². The van der Waals surface area contributed by atoms with Crippen molar-refractivity contribution in [2.45, 2.75) is 122 Å². The first-order valence-electron chi connectivity index (χ1n) is 51.2. The highest BCUT2D eigenvalue weighted by Gasteiger charge is 2.52. The zero-order valence-corrected chi connectivity index (χ0v) is 88.7. The van der Waals surface area contributed by atoms with Gasteiger partial charge in [-0.3, -0.25) is 0 Å². The van der Waals surface area contributed by atoms with Crippen LogP contribution < -0.4 is 20.2 Å². The van der Waals surface area contributed by atoms with Crippen LogP contribution >= 0.6 is 31.9 Å². The zero-order chi connectivity index (χ0) is 101. The molecule has 720 valence electrons. The molecule has 4 aliphatic carbocycles. The van der Waals surface area contributed by atoms with Gasteiger partial charge in [0.05, 0.1) is 11.2 Å². The van der Waals surface area contributed by atoms with Gasteiger partial charge in [0.1, 0.15) is 0 Å². The van der Waals surface area contributed by atoms with Crippen molar-refractivity contribution < 1.29 is 9.31 Å². The third-order valence-corrected chi connectivity index (χ3v) is 31.9. The van der Waals surface area contributed by atoms with E-state index in [0.717, 1.165) is 60.6 Å². The van der Waals surface area contributed by atoms with Crippen molar-refractivity contribution >= 4 is 95.6 Å². The van der Waals surface area contributed by atoms with Gasteiger partial charge in [0.15, 0.2) is 0 Å². The lowest BCUT2D eigenvalue weighted by Gasteiger charge is -2.32. The fourth-order valence-corrected chi connectivity index (χ4v) is 22.6. The van der Waals surface area contributed by atoms with Crippen LogP contribution in [0.1, 0.15) is 139 Å². The fourth-order valence-electron chi connectivity index (χ4n) is 22.0. The lowest BCUT2D eigenvalue weighted by molar-refractivity contribution is 0.00578. The smallest absolute Gasteiger partial charge is 0.399 e. The first-order chi connectivity index (χ1) is 71.2. The number of halogens is 2.